The molecule has 0 amide bonds. The number of aliphatic hydroxyl groups excluding tert-OH is 1. The van der Waals surface area contributed by atoms with Gasteiger partial charge in [-0.15, -0.1) is 0 Å². The van der Waals surface area contributed by atoms with E-state index in [0.717, 1.165) is 7.11 Å². The third-order valence-corrected chi connectivity index (χ3v) is 3.10. The van der Waals surface area contributed by atoms with Crippen molar-refractivity contribution in [3.63, 3.8) is 0 Å². The van der Waals surface area contributed by atoms with E-state index in [1.807, 2.05) is 20.8 Å². The van der Waals surface area contributed by atoms with Crippen LogP contribution in [0.5, 0.6) is 0 Å². The first kappa shape index (κ1) is 16.9. The monoisotopic (exact) mass is 296 g/mol. The summed E-state index contributed by atoms with van der Waals surface area (Å²) >= 11 is 0. The second kappa shape index (κ2) is 6.53. The Morgan fingerprint density at radius 2 is 2.10 bits per heavy atom. The number of methoxy groups -OCH3 is 1. The van der Waals surface area contributed by atoms with E-state index in [0.29, 0.717) is 5.69 Å². The topological polar surface area (TPSA) is 102 Å². The van der Waals surface area contributed by atoms with Gasteiger partial charge in [-0.25, -0.2) is 4.79 Å². The minimum atomic E-state index is -0.776. The first-order chi connectivity index (χ1) is 9.66. The van der Waals surface area contributed by atoms with Gasteiger partial charge in [-0.1, -0.05) is 20.8 Å². The lowest BCUT2D eigenvalue weighted by molar-refractivity contribution is -0.385. The van der Waals surface area contributed by atoms with Crippen molar-refractivity contribution >= 4 is 17.3 Å². The van der Waals surface area contributed by atoms with E-state index in [9.17, 15) is 20.0 Å². The Morgan fingerprint density at radius 1 is 1.48 bits per heavy atom. The predicted molar refractivity (Wildman–Crippen MR) is 78.4 cm³/mol. The molecule has 0 aliphatic rings. The molecule has 7 heteroatoms. The number of esters is 1. The molecule has 0 fully saturated rings. The van der Waals surface area contributed by atoms with Crippen molar-refractivity contribution in [2.24, 2.45) is 5.41 Å². The van der Waals surface area contributed by atoms with Crippen LogP contribution in [0.4, 0.5) is 11.4 Å². The highest BCUT2D eigenvalue weighted by Crippen LogP contribution is 2.24. The summed E-state index contributed by atoms with van der Waals surface area (Å²) in [4.78, 5) is 21.8. The third kappa shape index (κ3) is 4.42. The fourth-order valence-corrected chi connectivity index (χ4v) is 1.60. The van der Waals surface area contributed by atoms with E-state index in [4.69, 9.17) is 0 Å². The number of rotatable bonds is 5. The Morgan fingerprint density at radius 3 is 2.57 bits per heavy atom. The zero-order valence-corrected chi connectivity index (χ0v) is 12.5. The number of carbonyl (C=O) groups is 1. The maximum atomic E-state index is 11.6. The van der Waals surface area contributed by atoms with E-state index < -0.39 is 17.0 Å². The Kier molecular flexibility index (Phi) is 5.26. The molecule has 1 rings (SSSR count). The van der Waals surface area contributed by atoms with E-state index in [1.54, 1.807) is 0 Å². The highest BCUT2D eigenvalue weighted by molar-refractivity contribution is 5.95. The Bertz CT molecular complexity index is 537. The van der Waals surface area contributed by atoms with Gasteiger partial charge in [-0.3, -0.25) is 10.1 Å². The SMILES string of the molecule is COC(=O)c1cc(NC[C@@H](O)C(C)(C)C)ccc1[N+](=O)[O-]. The number of nitrogens with one attached hydrogen (secondary N) is 1. The van der Waals surface area contributed by atoms with Crippen LogP contribution in [-0.2, 0) is 4.74 Å². The standard InChI is InChI=1S/C14H20N2O5/c1-14(2,3)12(17)8-15-9-5-6-11(16(19)20)10(7-9)13(18)21-4/h5-7,12,15,17H,8H2,1-4H3/t12-/m1/s1. The van der Waals surface area contributed by atoms with Crippen molar-refractivity contribution in [3.8, 4) is 0 Å². The average Bonchev–Trinajstić information content (AvgIpc) is 2.42. The van der Waals surface area contributed by atoms with Crippen molar-refractivity contribution in [2.45, 2.75) is 26.9 Å². The zero-order chi connectivity index (χ0) is 16.2. The molecule has 0 saturated carbocycles. The Hall–Kier alpha value is -2.15. The van der Waals surface area contributed by atoms with E-state index in [2.05, 4.69) is 10.1 Å². The maximum absolute atomic E-state index is 11.6. The van der Waals surface area contributed by atoms with Gasteiger partial charge in [-0.2, -0.15) is 0 Å². The van der Waals surface area contributed by atoms with Crippen molar-refractivity contribution in [1.29, 1.82) is 0 Å². The molecule has 0 saturated heterocycles. The van der Waals surface area contributed by atoms with Crippen molar-refractivity contribution in [1.82, 2.24) is 0 Å². The molecule has 0 radical (unpaired) electrons. The summed E-state index contributed by atoms with van der Waals surface area (Å²) < 4.78 is 4.54. The fourth-order valence-electron chi connectivity index (χ4n) is 1.60. The summed E-state index contributed by atoms with van der Waals surface area (Å²) in [5, 5.41) is 23.8. The van der Waals surface area contributed by atoms with Gasteiger partial charge in [0.25, 0.3) is 5.69 Å². The number of nitro groups is 1. The molecule has 0 bridgehead atoms. The molecule has 2 N–H and O–H groups in total. The van der Waals surface area contributed by atoms with E-state index in [1.165, 1.54) is 18.2 Å². The van der Waals surface area contributed by atoms with Gasteiger partial charge in [0.2, 0.25) is 0 Å². The number of nitrogens with zero attached hydrogens (tertiary/aromatic N) is 1. The van der Waals surface area contributed by atoms with Crippen LogP contribution in [0.1, 0.15) is 31.1 Å². The Balaban J connectivity index is 2.96. The number of hydrogen-bond acceptors (Lipinski definition) is 6. The van der Waals surface area contributed by atoms with Crippen LogP contribution in [0.3, 0.4) is 0 Å². The smallest absolute Gasteiger partial charge is 0.344 e. The minimum Gasteiger partial charge on any atom is -0.465 e. The summed E-state index contributed by atoms with van der Waals surface area (Å²) in [6.45, 7) is 5.96. The molecule has 21 heavy (non-hydrogen) atoms. The van der Waals surface area contributed by atoms with Crippen LogP contribution in [0.25, 0.3) is 0 Å². The van der Waals surface area contributed by atoms with Crippen LogP contribution < -0.4 is 5.32 Å². The predicted octanol–water partition coefficient (Wildman–Crippen LogP) is 2.20. The fraction of sp³-hybridized carbons (Fsp3) is 0.500. The molecule has 116 valence electrons. The van der Waals surface area contributed by atoms with Crippen LogP contribution >= 0.6 is 0 Å². The summed E-state index contributed by atoms with van der Waals surface area (Å²) in [5.74, 6) is -0.776. The summed E-state index contributed by atoms with van der Waals surface area (Å²) in [5.41, 5.74) is -0.232. The van der Waals surface area contributed by atoms with Crippen LogP contribution in [0.15, 0.2) is 18.2 Å². The number of ether oxygens (including phenoxy) is 1. The third-order valence-electron chi connectivity index (χ3n) is 3.10. The van der Waals surface area contributed by atoms with Crippen LogP contribution in [0.2, 0.25) is 0 Å². The zero-order valence-electron chi connectivity index (χ0n) is 12.5. The van der Waals surface area contributed by atoms with Crippen LogP contribution in [-0.4, -0.2) is 35.8 Å². The van der Waals surface area contributed by atoms with Crippen molar-refractivity contribution in [2.75, 3.05) is 19.0 Å². The normalized spacial score (nSPS) is 12.6. The average molecular weight is 296 g/mol. The lowest BCUT2D eigenvalue weighted by Gasteiger charge is -2.26. The quantitative estimate of drug-likeness (QED) is 0.490. The number of aliphatic hydroxyl groups is 1. The lowest BCUT2D eigenvalue weighted by Crippen LogP contribution is -2.32. The molecule has 0 spiro atoms. The maximum Gasteiger partial charge on any atom is 0.344 e. The van der Waals surface area contributed by atoms with Gasteiger partial charge >= 0.3 is 5.97 Å². The number of benzene rings is 1. The summed E-state index contributed by atoms with van der Waals surface area (Å²) in [6, 6.07) is 4.07. The molecule has 0 unspecified atom stereocenters. The minimum absolute atomic E-state index is 0.127. The molecule has 7 nitrogen and oxygen atoms in total. The van der Waals surface area contributed by atoms with Gasteiger partial charge < -0.3 is 15.2 Å². The second-order valence-electron chi connectivity index (χ2n) is 5.74. The van der Waals surface area contributed by atoms with E-state index in [-0.39, 0.29) is 23.2 Å². The molecule has 0 heterocycles. The molecule has 1 aromatic carbocycles. The van der Waals surface area contributed by atoms with E-state index >= 15 is 0 Å². The van der Waals surface area contributed by atoms with Crippen LogP contribution in [0, 0.1) is 15.5 Å². The molecule has 1 aromatic rings. The molecule has 0 aliphatic carbocycles. The number of carbonyl (C=O) groups excluding carboxylic acids is 1. The van der Waals surface area contributed by atoms with Crippen molar-refractivity contribution < 1.29 is 19.6 Å². The van der Waals surface area contributed by atoms with Gasteiger partial charge in [-0.05, 0) is 17.5 Å². The largest absolute Gasteiger partial charge is 0.465 e. The highest BCUT2D eigenvalue weighted by Gasteiger charge is 2.23. The summed E-state index contributed by atoms with van der Waals surface area (Å²) in [6.07, 6.45) is -0.603. The molecular formula is C14H20N2O5. The van der Waals surface area contributed by atoms with Crippen molar-refractivity contribution in [3.05, 3.63) is 33.9 Å². The van der Waals surface area contributed by atoms with Gasteiger partial charge in [0.15, 0.2) is 0 Å². The van der Waals surface area contributed by atoms with Gasteiger partial charge in [0, 0.05) is 18.3 Å². The first-order valence-corrected chi connectivity index (χ1v) is 6.45. The second-order valence-corrected chi connectivity index (χ2v) is 5.74. The molecule has 1 atom stereocenters. The highest BCUT2D eigenvalue weighted by atomic mass is 16.6. The molecular weight excluding hydrogens is 276 g/mol. The van der Waals surface area contributed by atoms with Gasteiger partial charge in [0.05, 0.1) is 18.1 Å². The van der Waals surface area contributed by atoms with Gasteiger partial charge in [0.1, 0.15) is 5.56 Å². The Labute approximate surface area is 123 Å². The number of anilines is 1. The first-order valence-electron chi connectivity index (χ1n) is 6.45. The molecule has 0 aliphatic heterocycles. The number of hydrogen-bond donors (Lipinski definition) is 2. The molecule has 0 aromatic heterocycles. The number of nitro benzene ring substituents is 1. The lowest BCUT2D eigenvalue weighted by atomic mass is 9.89. The summed E-state index contributed by atoms with van der Waals surface area (Å²) in [7, 11) is 1.16.